The van der Waals surface area contributed by atoms with Gasteiger partial charge < -0.3 is 15.8 Å². The first-order valence-electron chi connectivity index (χ1n) is 8.50. The van der Waals surface area contributed by atoms with Crippen molar-refractivity contribution in [3.8, 4) is 0 Å². The smallest absolute Gasteiger partial charge is 0.188 e. The highest BCUT2D eigenvalue weighted by Crippen LogP contribution is 2.41. The summed E-state index contributed by atoms with van der Waals surface area (Å²) in [5.41, 5.74) is 6.13. The van der Waals surface area contributed by atoms with E-state index in [0.29, 0.717) is 12.5 Å². The van der Waals surface area contributed by atoms with Gasteiger partial charge in [-0.25, -0.2) is 0 Å². The number of hydrogen-bond donors (Lipinski definition) is 2. The number of nitrogens with two attached hydrogens (primary N) is 1. The van der Waals surface area contributed by atoms with Crippen molar-refractivity contribution in [1.82, 2.24) is 5.32 Å². The zero-order valence-electron chi connectivity index (χ0n) is 13.2. The lowest BCUT2D eigenvalue weighted by atomic mass is 9.83. The van der Waals surface area contributed by atoms with Crippen molar-refractivity contribution in [2.45, 2.75) is 63.1 Å². The Morgan fingerprint density at radius 2 is 2.23 bits per heavy atom. The number of aliphatic imine (C=N–C) groups is 1. The summed E-state index contributed by atoms with van der Waals surface area (Å²) in [4.78, 5) is 5.84. The molecule has 3 rings (SSSR count). The summed E-state index contributed by atoms with van der Waals surface area (Å²) in [6, 6.07) is 4.23. The fourth-order valence-electron chi connectivity index (χ4n) is 3.61. The van der Waals surface area contributed by atoms with E-state index in [0.717, 1.165) is 19.4 Å². The zero-order valence-corrected chi connectivity index (χ0v) is 14.0. The molecule has 0 aromatic carbocycles. The summed E-state index contributed by atoms with van der Waals surface area (Å²) in [6.07, 6.45) is 10.1. The highest BCUT2D eigenvalue weighted by atomic mass is 32.1. The SMILES string of the molecule is NC(=NCC1CCC2(CCCCC2)O1)NCCc1cccs1. The maximum atomic E-state index is 6.31. The van der Waals surface area contributed by atoms with Crippen LogP contribution in [0.3, 0.4) is 0 Å². The minimum Gasteiger partial charge on any atom is -0.370 e. The molecule has 1 saturated carbocycles. The predicted octanol–water partition coefficient (Wildman–Crippen LogP) is 3.08. The van der Waals surface area contributed by atoms with Gasteiger partial charge in [0.1, 0.15) is 0 Å². The molecular formula is C17H27N3OS. The number of hydrogen-bond acceptors (Lipinski definition) is 3. The number of thiophene rings is 1. The summed E-state index contributed by atoms with van der Waals surface area (Å²) in [7, 11) is 0. The maximum Gasteiger partial charge on any atom is 0.188 e. The van der Waals surface area contributed by atoms with Crippen LogP contribution in [0.4, 0.5) is 0 Å². The Morgan fingerprint density at radius 3 is 3.00 bits per heavy atom. The summed E-state index contributed by atoms with van der Waals surface area (Å²) in [5, 5.41) is 5.30. The fraction of sp³-hybridized carbons (Fsp3) is 0.706. The highest BCUT2D eigenvalue weighted by molar-refractivity contribution is 7.09. The van der Waals surface area contributed by atoms with E-state index < -0.39 is 0 Å². The van der Waals surface area contributed by atoms with Crippen LogP contribution in [0.2, 0.25) is 0 Å². The van der Waals surface area contributed by atoms with E-state index in [1.165, 1.54) is 43.4 Å². The first kappa shape index (κ1) is 15.8. The van der Waals surface area contributed by atoms with Crippen molar-refractivity contribution < 1.29 is 4.74 Å². The van der Waals surface area contributed by atoms with E-state index in [9.17, 15) is 0 Å². The van der Waals surface area contributed by atoms with E-state index in [4.69, 9.17) is 10.5 Å². The number of nitrogens with one attached hydrogen (secondary N) is 1. The van der Waals surface area contributed by atoms with E-state index in [-0.39, 0.29) is 11.7 Å². The molecule has 2 aliphatic rings. The number of nitrogens with zero attached hydrogens (tertiary/aromatic N) is 1. The van der Waals surface area contributed by atoms with Gasteiger partial charge in [-0.15, -0.1) is 11.3 Å². The van der Waals surface area contributed by atoms with E-state index >= 15 is 0 Å². The van der Waals surface area contributed by atoms with Crippen LogP contribution < -0.4 is 11.1 Å². The third-order valence-electron chi connectivity index (χ3n) is 4.83. The van der Waals surface area contributed by atoms with Gasteiger partial charge in [-0.2, -0.15) is 0 Å². The average Bonchev–Trinajstić information content (AvgIpc) is 3.17. The molecule has 1 saturated heterocycles. The van der Waals surface area contributed by atoms with Crippen LogP contribution in [0.25, 0.3) is 0 Å². The molecule has 0 radical (unpaired) electrons. The van der Waals surface area contributed by atoms with Crippen LogP contribution in [-0.4, -0.2) is 30.8 Å². The van der Waals surface area contributed by atoms with Crippen molar-refractivity contribution in [3.63, 3.8) is 0 Å². The Morgan fingerprint density at radius 1 is 1.36 bits per heavy atom. The van der Waals surface area contributed by atoms with Crippen LogP contribution in [-0.2, 0) is 11.2 Å². The molecule has 2 fully saturated rings. The molecule has 3 N–H and O–H groups in total. The second-order valence-corrected chi connectivity index (χ2v) is 7.54. The van der Waals surface area contributed by atoms with Gasteiger partial charge in [-0.05, 0) is 43.6 Å². The molecule has 1 spiro atoms. The molecule has 1 unspecified atom stereocenters. The molecule has 122 valence electrons. The van der Waals surface area contributed by atoms with Crippen LogP contribution in [0.1, 0.15) is 49.8 Å². The molecule has 1 aromatic rings. The van der Waals surface area contributed by atoms with Gasteiger partial charge in [-0.1, -0.05) is 25.3 Å². The highest BCUT2D eigenvalue weighted by Gasteiger charge is 2.40. The number of rotatable bonds is 5. The van der Waals surface area contributed by atoms with Crippen molar-refractivity contribution in [1.29, 1.82) is 0 Å². The first-order chi connectivity index (χ1) is 10.8. The van der Waals surface area contributed by atoms with Crippen molar-refractivity contribution >= 4 is 17.3 Å². The van der Waals surface area contributed by atoms with Crippen LogP contribution in [0.15, 0.2) is 22.5 Å². The van der Waals surface area contributed by atoms with Crippen molar-refractivity contribution in [2.75, 3.05) is 13.1 Å². The molecule has 1 atom stereocenters. The summed E-state index contributed by atoms with van der Waals surface area (Å²) in [6.45, 7) is 1.53. The Hall–Kier alpha value is -1.07. The van der Waals surface area contributed by atoms with Gasteiger partial charge in [-0.3, -0.25) is 4.99 Å². The fourth-order valence-corrected chi connectivity index (χ4v) is 4.32. The third-order valence-corrected chi connectivity index (χ3v) is 5.76. The molecular weight excluding hydrogens is 294 g/mol. The zero-order chi connectivity index (χ0) is 15.3. The van der Waals surface area contributed by atoms with Crippen molar-refractivity contribution in [2.24, 2.45) is 10.7 Å². The summed E-state index contributed by atoms with van der Waals surface area (Å²) in [5.74, 6) is 0.546. The molecule has 2 heterocycles. The van der Waals surface area contributed by atoms with Crippen LogP contribution >= 0.6 is 11.3 Å². The van der Waals surface area contributed by atoms with E-state index in [1.54, 1.807) is 11.3 Å². The largest absolute Gasteiger partial charge is 0.370 e. The van der Waals surface area contributed by atoms with E-state index in [1.807, 2.05) is 0 Å². The molecule has 1 aliphatic heterocycles. The van der Waals surface area contributed by atoms with Crippen molar-refractivity contribution in [3.05, 3.63) is 22.4 Å². The average molecular weight is 321 g/mol. The normalized spacial score (nSPS) is 24.7. The van der Waals surface area contributed by atoms with E-state index in [2.05, 4.69) is 27.8 Å². The molecule has 0 bridgehead atoms. The van der Waals surface area contributed by atoms with Crippen LogP contribution in [0.5, 0.6) is 0 Å². The number of ether oxygens (including phenoxy) is 1. The van der Waals surface area contributed by atoms with Gasteiger partial charge in [0.05, 0.1) is 18.2 Å². The van der Waals surface area contributed by atoms with Gasteiger partial charge >= 0.3 is 0 Å². The molecule has 5 heteroatoms. The van der Waals surface area contributed by atoms with Gasteiger partial charge in [0.25, 0.3) is 0 Å². The second-order valence-electron chi connectivity index (χ2n) is 6.50. The first-order valence-corrected chi connectivity index (χ1v) is 9.38. The lowest BCUT2D eigenvalue weighted by Gasteiger charge is -2.33. The van der Waals surface area contributed by atoms with Gasteiger partial charge in [0, 0.05) is 11.4 Å². The minimum atomic E-state index is 0.180. The van der Waals surface area contributed by atoms with Crippen LogP contribution in [0, 0.1) is 0 Å². The Balaban J connectivity index is 1.37. The topological polar surface area (TPSA) is 59.6 Å². The van der Waals surface area contributed by atoms with Gasteiger partial charge in [0.2, 0.25) is 0 Å². The molecule has 0 amide bonds. The maximum absolute atomic E-state index is 6.31. The third kappa shape index (κ3) is 4.23. The Bertz CT molecular complexity index is 480. The lowest BCUT2D eigenvalue weighted by Crippen LogP contribution is -2.35. The quantitative estimate of drug-likeness (QED) is 0.647. The monoisotopic (exact) mass is 321 g/mol. The lowest BCUT2D eigenvalue weighted by molar-refractivity contribution is -0.0598. The second kappa shape index (κ2) is 7.47. The standard InChI is InChI=1S/C17H27N3OS/c18-16(19-11-7-15-5-4-12-22-15)20-13-14-6-10-17(21-14)8-2-1-3-9-17/h4-5,12,14H,1-3,6-11,13H2,(H3,18,19,20). The molecule has 4 nitrogen and oxygen atoms in total. The molecule has 22 heavy (non-hydrogen) atoms. The summed E-state index contributed by atoms with van der Waals surface area (Å²) < 4.78 is 6.31. The Labute approximate surface area is 137 Å². The van der Waals surface area contributed by atoms with Gasteiger partial charge in [0.15, 0.2) is 5.96 Å². The minimum absolute atomic E-state index is 0.180. The predicted molar refractivity (Wildman–Crippen MR) is 92.4 cm³/mol. The Kier molecular flexibility index (Phi) is 5.37. The molecule has 1 aromatic heterocycles. The molecule has 1 aliphatic carbocycles. The summed E-state index contributed by atoms with van der Waals surface area (Å²) >= 11 is 1.78. The number of guanidine groups is 1.